The zero-order valence-corrected chi connectivity index (χ0v) is 12.0. The number of hydrogen-bond donors (Lipinski definition) is 0. The van der Waals surface area contributed by atoms with Gasteiger partial charge in [0.1, 0.15) is 11.9 Å². The van der Waals surface area contributed by atoms with Gasteiger partial charge in [0.25, 0.3) is 0 Å². The molecule has 7 nitrogen and oxygen atoms in total. The van der Waals surface area contributed by atoms with Crippen LogP contribution in [0.2, 0.25) is 0 Å². The Balaban J connectivity index is 3.19. The molecule has 0 spiro atoms. The average molecular weight is 290 g/mol. The van der Waals surface area contributed by atoms with Gasteiger partial charge in [-0.05, 0) is 6.92 Å². The second-order valence-electron chi connectivity index (χ2n) is 3.63. The molecule has 0 aliphatic heterocycles. The van der Waals surface area contributed by atoms with Gasteiger partial charge in [-0.1, -0.05) is 0 Å². The Hall–Kier alpha value is -1.43. The van der Waals surface area contributed by atoms with Crippen LogP contribution in [0.3, 0.4) is 0 Å². The lowest BCUT2D eigenvalue weighted by molar-refractivity contribution is 0.0563. The molecule has 1 heterocycles. The summed E-state index contributed by atoms with van der Waals surface area (Å²) in [6.07, 6.45) is -0.244. The summed E-state index contributed by atoms with van der Waals surface area (Å²) in [4.78, 5) is 22.8. The molecule has 19 heavy (non-hydrogen) atoms. The summed E-state index contributed by atoms with van der Waals surface area (Å²) in [6.45, 7) is 1.31. The molecular weight excluding hydrogens is 275 g/mol. The number of ether oxygens (including phenoxy) is 1. The first-order chi connectivity index (χ1) is 8.86. The molecule has 0 aromatic carbocycles. The fourth-order valence-electron chi connectivity index (χ4n) is 1.42. The first-order valence-electron chi connectivity index (χ1n) is 5.29. The van der Waals surface area contributed by atoms with Gasteiger partial charge in [0.15, 0.2) is 5.78 Å². The quantitative estimate of drug-likeness (QED) is 0.450. The molecule has 0 aliphatic rings. The van der Waals surface area contributed by atoms with Crippen LogP contribution in [-0.4, -0.2) is 33.1 Å². The number of methoxy groups -OCH3 is 1. The number of carbonyl (C=O) groups excluding carboxylic acids is 2. The first-order valence-corrected chi connectivity index (χ1v) is 7.02. The first kappa shape index (κ1) is 15.6. The van der Waals surface area contributed by atoms with Gasteiger partial charge in [-0.2, -0.15) is 0 Å². The lowest BCUT2D eigenvalue weighted by Gasteiger charge is -2.12. The van der Waals surface area contributed by atoms with E-state index in [0.29, 0.717) is 0 Å². The topological polar surface area (TPSA) is 92.0 Å². The SMILES string of the molecule is COC(=O)c1cc(C(C)=O)c(CP(=O)(OC)OC)o1. The van der Waals surface area contributed by atoms with Crippen LogP contribution in [0, 0.1) is 0 Å². The zero-order valence-electron chi connectivity index (χ0n) is 11.1. The predicted octanol–water partition coefficient (Wildman–Crippen LogP) is 2.25. The van der Waals surface area contributed by atoms with Gasteiger partial charge in [0.05, 0.1) is 12.7 Å². The second-order valence-corrected chi connectivity index (χ2v) is 5.90. The van der Waals surface area contributed by atoms with E-state index in [4.69, 9.17) is 13.5 Å². The standard InChI is InChI=1S/C11H15O7P/c1-7(12)8-5-9(11(13)15-2)18-10(8)6-19(14,16-3)17-4/h5H,6H2,1-4H3. The third kappa shape index (κ3) is 3.53. The Kier molecular flexibility index (Phi) is 5.05. The highest BCUT2D eigenvalue weighted by Crippen LogP contribution is 2.50. The normalized spacial score (nSPS) is 11.4. The zero-order chi connectivity index (χ0) is 14.6. The Morgan fingerprint density at radius 2 is 1.84 bits per heavy atom. The van der Waals surface area contributed by atoms with Crippen molar-refractivity contribution in [2.45, 2.75) is 13.1 Å². The highest BCUT2D eigenvalue weighted by atomic mass is 31.2. The minimum absolute atomic E-state index is 0.0694. The van der Waals surface area contributed by atoms with Crippen LogP contribution in [0.15, 0.2) is 10.5 Å². The van der Waals surface area contributed by atoms with Crippen LogP contribution in [0.5, 0.6) is 0 Å². The fourth-order valence-corrected chi connectivity index (χ4v) is 2.42. The van der Waals surface area contributed by atoms with Crippen LogP contribution < -0.4 is 0 Å². The maximum Gasteiger partial charge on any atom is 0.373 e. The largest absolute Gasteiger partial charge is 0.463 e. The molecule has 0 N–H and O–H groups in total. The Morgan fingerprint density at radius 3 is 2.26 bits per heavy atom. The summed E-state index contributed by atoms with van der Waals surface area (Å²) in [5.74, 6) is -1.12. The minimum Gasteiger partial charge on any atom is -0.463 e. The van der Waals surface area contributed by atoms with Crippen molar-refractivity contribution in [3.8, 4) is 0 Å². The molecule has 0 radical (unpaired) electrons. The number of furan rings is 1. The predicted molar refractivity (Wildman–Crippen MR) is 65.4 cm³/mol. The van der Waals surface area contributed by atoms with E-state index in [2.05, 4.69) is 4.74 Å². The van der Waals surface area contributed by atoms with Crippen molar-refractivity contribution in [3.63, 3.8) is 0 Å². The van der Waals surface area contributed by atoms with E-state index in [1.54, 1.807) is 0 Å². The molecule has 8 heteroatoms. The van der Waals surface area contributed by atoms with E-state index in [1.165, 1.54) is 34.3 Å². The van der Waals surface area contributed by atoms with Gasteiger partial charge in [-0.25, -0.2) is 4.79 Å². The molecule has 1 aromatic rings. The molecule has 0 aliphatic carbocycles. The molecule has 0 fully saturated rings. The van der Waals surface area contributed by atoms with Gasteiger partial charge in [-0.15, -0.1) is 0 Å². The van der Waals surface area contributed by atoms with Crippen LogP contribution in [-0.2, 0) is 24.5 Å². The number of carbonyl (C=O) groups is 2. The maximum atomic E-state index is 12.0. The van der Waals surface area contributed by atoms with Crippen LogP contribution in [0.1, 0.15) is 33.6 Å². The number of hydrogen-bond acceptors (Lipinski definition) is 7. The Morgan fingerprint density at radius 1 is 1.26 bits per heavy atom. The minimum atomic E-state index is -3.39. The van der Waals surface area contributed by atoms with Crippen LogP contribution in [0.4, 0.5) is 0 Å². The monoisotopic (exact) mass is 290 g/mol. The van der Waals surface area contributed by atoms with Crippen molar-refractivity contribution < 1.29 is 32.4 Å². The van der Waals surface area contributed by atoms with Crippen molar-refractivity contribution in [1.82, 2.24) is 0 Å². The number of ketones is 1. The highest BCUT2D eigenvalue weighted by Gasteiger charge is 2.29. The summed E-state index contributed by atoms with van der Waals surface area (Å²) < 4.78 is 31.2. The van der Waals surface area contributed by atoms with Crippen molar-refractivity contribution in [3.05, 3.63) is 23.2 Å². The van der Waals surface area contributed by atoms with Gasteiger partial charge >= 0.3 is 13.6 Å². The molecule has 106 valence electrons. The number of rotatable bonds is 6. The Labute approximate surface area is 110 Å². The average Bonchev–Trinajstić information content (AvgIpc) is 2.81. The van der Waals surface area contributed by atoms with Crippen molar-refractivity contribution in [1.29, 1.82) is 0 Å². The molecule has 0 amide bonds. The van der Waals surface area contributed by atoms with E-state index in [0.717, 1.165) is 0 Å². The molecule has 0 atom stereocenters. The molecule has 0 saturated heterocycles. The molecule has 1 aromatic heterocycles. The summed E-state index contributed by atoms with van der Waals surface area (Å²) >= 11 is 0. The molecule has 1 rings (SSSR count). The summed E-state index contributed by atoms with van der Waals surface area (Å²) in [5.41, 5.74) is 0.148. The smallest absolute Gasteiger partial charge is 0.373 e. The van der Waals surface area contributed by atoms with Gasteiger partial charge in [0, 0.05) is 20.3 Å². The maximum absolute atomic E-state index is 12.0. The fraction of sp³-hybridized carbons (Fsp3) is 0.455. The molecule has 0 unspecified atom stereocenters. The summed E-state index contributed by atoms with van der Waals surface area (Å²) in [5, 5.41) is 0. The van der Waals surface area contributed by atoms with E-state index in [-0.39, 0.29) is 29.0 Å². The van der Waals surface area contributed by atoms with Gasteiger partial charge in [0.2, 0.25) is 5.76 Å². The van der Waals surface area contributed by atoms with Gasteiger partial charge in [-0.3, -0.25) is 9.36 Å². The van der Waals surface area contributed by atoms with Crippen LogP contribution in [0.25, 0.3) is 0 Å². The van der Waals surface area contributed by atoms with E-state index >= 15 is 0 Å². The third-order valence-electron chi connectivity index (χ3n) is 2.47. The van der Waals surface area contributed by atoms with Crippen molar-refractivity contribution in [2.75, 3.05) is 21.3 Å². The lowest BCUT2D eigenvalue weighted by atomic mass is 10.2. The molecule has 0 saturated carbocycles. The lowest BCUT2D eigenvalue weighted by Crippen LogP contribution is -1.98. The summed E-state index contributed by atoms with van der Waals surface area (Å²) in [6, 6.07) is 1.25. The molecular formula is C11H15O7P. The third-order valence-corrected chi connectivity index (χ3v) is 4.26. The number of Topliss-reactive ketones (excluding diaryl/α,β-unsaturated/α-hetero) is 1. The van der Waals surface area contributed by atoms with Gasteiger partial charge < -0.3 is 18.2 Å². The second kappa shape index (κ2) is 6.14. The Bertz CT molecular complexity index is 523. The van der Waals surface area contributed by atoms with E-state index < -0.39 is 13.6 Å². The van der Waals surface area contributed by atoms with Crippen molar-refractivity contribution in [2.24, 2.45) is 0 Å². The number of esters is 1. The highest BCUT2D eigenvalue weighted by molar-refractivity contribution is 7.52. The van der Waals surface area contributed by atoms with Crippen LogP contribution >= 0.6 is 7.60 Å². The van der Waals surface area contributed by atoms with E-state index in [9.17, 15) is 14.2 Å². The van der Waals surface area contributed by atoms with Crippen molar-refractivity contribution >= 4 is 19.3 Å². The molecule has 0 bridgehead atoms. The summed E-state index contributed by atoms with van der Waals surface area (Å²) in [7, 11) is 0.243. The van der Waals surface area contributed by atoms with E-state index in [1.807, 2.05) is 0 Å².